The van der Waals surface area contributed by atoms with Gasteiger partial charge in [-0.25, -0.2) is 13.4 Å². The zero-order chi connectivity index (χ0) is 25.8. The van der Waals surface area contributed by atoms with Crippen molar-refractivity contribution in [2.24, 2.45) is 5.16 Å². The van der Waals surface area contributed by atoms with Crippen molar-refractivity contribution in [3.63, 3.8) is 0 Å². The number of H-pyrrole nitrogens is 1. The molecule has 2 aromatic rings. The molecule has 190 valence electrons. The Morgan fingerprint density at radius 1 is 1.29 bits per heavy atom. The lowest BCUT2D eigenvalue weighted by Crippen LogP contribution is -2.49. The second-order valence-electron chi connectivity index (χ2n) is 8.61. The number of hydrogen-bond acceptors (Lipinski definition) is 8. The SMILES string of the molecule is Cc1cc(C)c(S(=O)(=O)N[C@@H](CNC(=O)C2=NOC(CCCc3cnc(N)[nH]3)C2)C(=O)O)c(C)c1. The van der Waals surface area contributed by atoms with Gasteiger partial charge in [0.2, 0.25) is 10.0 Å². The number of nitrogens with zero attached hydrogens (tertiary/aromatic N) is 2. The average molecular weight is 507 g/mol. The molecule has 12 nitrogen and oxygen atoms in total. The number of nitrogens with two attached hydrogens (primary N) is 1. The van der Waals surface area contributed by atoms with E-state index in [2.05, 4.69) is 25.2 Å². The van der Waals surface area contributed by atoms with E-state index >= 15 is 0 Å². The van der Waals surface area contributed by atoms with Gasteiger partial charge in [0, 0.05) is 18.7 Å². The Morgan fingerprint density at radius 2 is 1.97 bits per heavy atom. The summed E-state index contributed by atoms with van der Waals surface area (Å²) in [5.41, 5.74) is 8.47. The van der Waals surface area contributed by atoms with Crippen LogP contribution in [0.1, 0.15) is 41.6 Å². The summed E-state index contributed by atoms with van der Waals surface area (Å²) in [5.74, 6) is -1.68. The van der Waals surface area contributed by atoms with Crippen LogP contribution in [0.2, 0.25) is 0 Å². The molecule has 0 aliphatic carbocycles. The summed E-state index contributed by atoms with van der Waals surface area (Å²) < 4.78 is 28.0. The fourth-order valence-electron chi connectivity index (χ4n) is 4.05. The first kappa shape index (κ1) is 26.2. The molecule has 0 saturated carbocycles. The molecule has 35 heavy (non-hydrogen) atoms. The summed E-state index contributed by atoms with van der Waals surface area (Å²) in [5, 5.41) is 15.8. The number of nitrogen functional groups attached to an aromatic ring is 1. The number of carbonyl (C=O) groups excluding carboxylic acids is 1. The van der Waals surface area contributed by atoms with Gasteiger partial charge in [-0.1, -0.05) is 22.9 Å². The van der Waals surface area contributed by atoms with Gasteiger partial charge in [-0.15, -0.1) is 0 Å². The van der Waals surface area contributed by atoms with E-state index < -0.39 is 34.5 Å². The number of amides is 1. The number of nitrogens with one attached hydrogen (secondary N) is 3. The predicted octanol–water partition coefficient (Wildman–Crippen LogP) is 0.933. The highest BCUT2D eigenvalue weighted by Gasteiger charge is 2.30. The number of aryl methyl sites for hydroxylation is 4. The summed E-state index contributed by atoms with van der Waals surface area (Å²) in [4.78, 5) is 36.4. The normalized spacial score (nSPS) is 16.4. The van der Waals surface area contributed by atoms with Crippen LogP contribution in [0.25, 0.3) is 0 Å². The number of rotatable bonds is 11. The summed E-state index contributed by atoms with van der Waals surface area (Å²) in [6.45, 7) is 4.67. The molecule has 2 atom stereocenters. The first-order chi connectivity index (χ1) is 16.5. The van der Waals surface area contributed by atoms with Gasteiger partial charge < -0.3 is 26.0 Å². The highest BCUT2D eigenvalue weighted by molar-refractivity contribution is 7.89. The predicted molar refractivity (Wildman–Crippen MR) is 128 cm³/mol. The Hall–Kier alpha value is -3.45. The zero-order valence-corrected chi connectivity index (χ0v) is 20.6. The van der Waals surface area contributed by atoms with Gasteiger partial charge in [0.25, 0.3) is 5.91 Å². The van der Waals surface area contributed by atoms with E-state index in [0.29, 0.717) is 29.9 Å². The van der Waals surface area contributed by atoms with Crippen LogP contribution in [0.15, 0.2) is 28.4 Å². The average Bonchev–Trinajstić information content (AvgIpc) is 3.38. The minimum atomic E-state index is -4.14. The molecular formula is C22H30N6O6S. The Kier molecular flexibility index (Phi) is 8.12. The number of oxime groups is 1. The second kappa shape index (κ2) is 10.9. The van der Waals surface area contributed by atoms with Gasteiger partial charge in [-0.05, 0) is 51.2 Å². The van der Waals surface area contributed by atoms with E-state index in [0.717, 1.165) is 17.7 Å². The lowest BCUT2D eigenvalue weighted by atomic mass is 10.1. The first-order valence-electron chi connectivity index (χ1n) is 11.1. The lowest BCUT2D eigenvalue weighted by Gasteiger charge is -2.18. The van der Waals surface area contributed by atoms with Crippen LogP contribution in [0.3, 0.4) is 0 Å². The van der Waals surface area contributed by atoms with Crippen LogP contribution in [-0.4, -0.2) is 59.8 Å². The number of anilines is 1. The molecule has 0 radical (unpaired) electrons. The van der Waals surface area contributed by atoms with E-state index in [9.17, 15) is 23.1 Å². The molecule has 1 aliphatic rings. The van der Waals surface area contributed by atoms with E-state index in [1.54, 1.807) is 32.2 Å². The molecule has 0 spiro atoms. The molecule has 2 heterocycles. The maximum atomic E-state index is 12.9. The maximum absolute atomic E-state index is 12.9. The number of carboxylic acids is 1. The molecule has 6 N–H and O–H groups in total. The van der Waals surface area contributed by atoms with E-state index in [1.165, 1.54) is 0 Å². The van der Waals surface area contributed by atoms with Gasteiger partial charge in [0.05, 0.1) is 11.1 Å². The van der Waals surface area contributed by atoms with Gasteiger partial charge in [-0.2, -0.15) is 4.72 Å². The molecule has 1 aliphatic heterocycles. The zero-order valence-electron chi connectivity index (χ0n) is 19.8. The van der Waals surface area contributed by atoms with Crippen LogP contribution in [0.5, 0.6) is 0 Å². The molecule has 0 fully saturated rings. The largest absolute Gasteiger partial charge is 0.480 e. The van der Waals surface area contributed by atoms with E-state index in [4.69, 9.17) is 10.6 Å². The number of carbonyl (C=O) groups is 2. The number of aromatic nitrogens is 2. The van der Waals surface area contributed by atoms with Crippen LogP contribution in [0.4, 0.5) is 5.95 Å². The smallest absolute Gasteiger partial charge is 0.323 e. The van der Waals surface area contributed by atoms with Gasteiger partial charge in [-0.3, -0.25) is 9.59 Å². The van der Waals surface area contributed by atoms with Crippen molar-refractivity contribution < 1.29 is 28.0 Å². The number of sulfonamides is 1. The van der Waals surface area contributed by atoms with E-state index in [-0.39, 0.29) is 23.1 Å². The van der Waals surface area contributed by atoms with Crippen molar-refractivity contribution in [1.82, 2.24) is 20.0 Å². The van der Waals surface area contributed by atoms with Crippen LogP contribution in [-0.2, 0) is 30.9 Å². The summed E-state index contributed by atoms with van der Waals surface area (Å²) >= 11 is 0. The van der Waals surface area contributed by atoms with Crippen LogP contribution < -0.4 is 15.8 Å². The number of carboxylic acid groups (broad SMARTS) is 1. The molecular weight excluding hydrogens is 476 g/mol. The first-order valence-corrected chi connectivity index (χ1v) is 12.6. The number of imidazole rings is 1. The molecule has 3 rings (SSSR count). The molecule has 1 aromatic heterocycles. The number of hydrogen-bond donors (Lipinski definition) is 5. The topological polar surface area (TPSA) is 189 Å². The third-order valence-corrected chi connectivity index (χ3v) is 7.33. The van der Waals surface area contributed by atoms with Crippen molar-refractivity contribution >= 4 is 33.6 Å². The fraction of sp³-hybridized carbons (Fsp3) is 0.455. The number of aliphatic carboxylic acids is 1. The second-order valence-corrected chi connectivity index (χ2v) is 10.3. The van der Waals surface area contributed by atoms with Crippen molar-refractivity contribution in [3.8, 4) is 0 Å². The quantitative estimate of drug-likeness (QED) is 0.297. The molecule has 13 heteroatoms. The molecule has 1 aromatic carbocycles. The van der Waals surface area contributed by atoms with Gasteiger partial charge >= 0.3 is 5.97 Å². The molecule has 1 unspecified atom stereocenters. The highest BCUT2D eigenvalue weighted by atomic mass is 32.2. The Bertz CT molecular complexity index is 1220. The van der Waals surface area contributed by atoms with Crippen molar-refractivity contribution in [1.29, 1.82) is 0 Å². The Labute approximate surface area is 203 Å². The van der Waals surface area contributed by atoms with Crippen LogP contribution >= 0.6 is 0 Å². The Morgan fingerprint density at radius 3 is 2.57 bits per heavy atom. The summed E-state index contributed by atoms with van der Waals surface area (Å²) in [7, 11) is -4.14. The molecule has 0 saturated heterocycles. The number of aromatic amines is 1. The number of benzene rings is 1. The monoisotopic (exact) mass is 506 g/mol. The third-order valence-electron chi connectivity index (χ3n) is 5.55. The van der Waals surface area contributed by atoms with Crippen LogP contribution in [0, 0.1) is 20.8 Å². The minimum Gasteiger partial charge on any atom is -0.480 e. The highest BCUT2D eigenvalue weighted by Crippen LogP contribution is 2.22. The lowest BCUT2D eigenvalue weighted by molar-refractivity contribution is -0.138. The van der Waals surface area contributed by atoms with Gasteiger partial charge in [0.15, 0.2) is 5.95 Å². The summed E-state index contributed by atoms with van der Waals surface area (Å²) in [6.07, 6.45) is 3.77. The maximum Gasteiger partial charge on any atom is 0.323 e. The van der Waals surface area contributed by atoms with Crippen molar-refractivity contribution in [2.45, 2.75) is 63.5 Å². The third kappa shape index (κ3) is 6.79. The minimum absolute atomic E-state index is 0.0231. The molecule has 0 bridgehead atoms. The van der Waals surface area contributed by atoms with Gasteiger partial charge in [0.1, 0.15) is 17.9 Å². The van der Waals surface area contributed by atoms with E-state index in [1.807, 2.05) is 6.92 Å². The van der Waals surface area contributed by atoms with Crippen molar-refractivity contribution in [2.75, 3.05) is 12.3 Å². The van der Waals surface area contributed by atoms with Crippen molar-refractivity contribution in [3.05, 3.63) is 40.7 Å². The fourth-order valence-corrected chi connectivity index (χ4v) is 5.70. The molecule has 1 amide bonds. The summed E-state index contributed by atoms with van der Waals surface area (Å²) in [6, 6.07) is 1.85. The Balaban J connectivity index is 1.52. The standard InChI is InChI=1S/C22H30N6O6S/c1-12-7-13(2)19(14(3)8-12)35(32,33)28-18(21(30)31)11-24-20(29)17-9-16(34-27-17)6-4-5-15-10-25-22(23)26-15/h7-8,10,16,18,28H,4-6,9,11H2,1-3H3,(H,24,29)(H,30,31)(H3,23,25,26)/t16?,18-/m0/s1.